The number of ether oxygens (including phenoxy) is 4. The Bertz CT molecular complexity index is 2780. The van der Waals surface area contributed by atoms with Crippen molar-refractivity contribution >= 4 is 61.2 Å². The third-order valence-electron chi connectivity index (χ3n) is 13.4. The minimum atomic E-state index is -4.68. The minimum Gasteiger partial charge on any atom is -0.489 e. The molecule has 4 heterocycles. The molecule has 18 heteroatoms. The fraction of sp³-hybridized carbons (Fsp3) is 0.429. The van der Waals surface area contributed by atoms with Crippen LogP contribution in [0.5, 0.6) is 17.2 Å². The number of aromatic amines is 1. The van der Waals surface area contributed by atoms with Crippen LogP contribution in [-0.2, 0) is 19.5 Å². The predicted octanol–water partition coefficient (Wildman–Crippen LogP) is 8.97. The van der Waals surface area contributed by atoms with Crippen molar-refractivity contribution in [2.24, 2.45) is 5.41 Å². The largest absolute Gasteiger partial charge is 0.489 e. The van der Waals surface area contributed by atoms with Gasteiger partial charge in [-0.3, -0.25) is 19.8 Å². The molecule has 1 saturated heterocycles. The smallest absolute Gasteiger partial charge is 0.297 e. The maximum atomic E-state index is 14.1. The summed E-state index contributed by atoms with van der Waals surface area (Å²) in [4.78, 5) is 37.4. The summed E-state index contributed by atoms with van der Waals surface area (Å²) in [5, 5.41) is 17.0. The van der Waals surface area contributed by atoms with Gasteiger partial charge in [0.1, 0.15) is 23.8 Å². The number of aromatic nitrogens is 2. The number of rotatable bonds is 14. The SMILES string of the molecule is CO[C@H]1CC[C@H](OC[C@@H]2COc3cc(S(=O)(=O)NC(=O)c4ccc(N5CCN(CC6=C(c7ccc(Cl)cc7)CC(C)(C)CC6)CC5)cc4Oc4cnc5[nH]ccc5c4)cc([N+](=O)[O-])c3N2)CC1. The maximum Gasteiger partial charge on any atom is 0.297 e. The van der Waals surface area contributed by atoms with E-state index in [1.807, 2.05) is 18.2 Å². The van der Waals surface area contributed by atoms with Gasteiger partial charge in [0.15, 0.2) is 11.4 Å². The molecular weight excluding hydrogens is 898 g/mol. The van der Waals surface area contributed by atoms with Gasteiger partial charge in [-0.25, -0.2) is 18.1 Å². The summed E-state index contributed by atoms with van der Waals surface area (Å²) in [6.45, 7) is 8.90. The Morgan fingerprint density at radius 3 is 2.52 bits per heavy atom. The summed E-state index contributed by atoms with van der Waals surface area (Å²) in [6, 6.07) is 18.5. The number of nitrogens with one attached hydrogen (secondary N) is 3. The van der Waals surface area contributed by atoms with Gasteiger partial charge in [0.2, 0.25) is 0 Å². The summed E-state index contributed by atoms with van der Waals surface area (Å²) in [7, 11) is -2.97. The van der Waals surface area contributed by atoms with Crippen LogP contribution < -0.4 is 24.4 Å². The number of benzene rings is 3. The van der Waals surface area contributed by atoms with Crippen molar-refractivity contribution < 1.29 is 37.1 Å². The highest BCUT2D eigenvalue weighted by molar-refractivity contribution is 7.90. The molecule has 0 radical (unpaired) electrons. The lowest BCUT2D eigenvalue weighted by molar-refractivity contribution is -0.384. The van der Waals surface area contributed by atoms with E-state index >= 15 is 0 Å². The number of pyridine rings is 1. The predicted molar refractivity (Wildman–Crippen MR) is 257 cm³/mol. The number of allylic oxidation sites excluding steroid dienone is 1. The standard InChI is InChI=1S/C49H56ClN7O9S/c1-49(2)16-14-33(42(26-49)31-4-6-34(50)7-5-31)28-55-18-20-56(21-19-55)36-8-13-41(44(23-36)66-39-22-32-15-17-51-47(32)52-27-39)48(58)54-67(61,62)40-24-43(57(59)60)46-45(25-40)65-30-35(53-46)29-64-38-11-9-37(63-3)10-12-38/h4-8,13,15,17,22-25,27,35,37-38,53H,9-12,14,16,18-21,26,28-30H2,1-3H3,(H,51,52)(H,54,58)/t35-,37-,38-/m1/s1. The lowest BCUT2D eigenvalue weighted by atomic mass is 9.72. The number of methoxy groups -OCH3 is 1. The van der Waals surface area contributed by atoms with Crippen LogP contribution in [0.2, 0.25) is 5.02 Å². The van der Waals surface area contributed by atoms with E-state index in [2.05, 4.69) is 55.8 Å². The van der Waals surface area contributed by atoms with E-state index in [4.69, 9.17) is 30.5 Å². The molecule has 2 aliphatic carbocycles. The molecule has 3 N–H and O–H groups in total. The Labute approximate surface area is 395 Å². The van der Waals surface area contributed by atoms with E-state index in [1.54, 1.807) is 31.5 Å². The molecule has 1 amide bonds. The number of hydrogen-bond donors (Lipinski definition) is 3. The molecule has 9 rings (SSSR count). The second kappa shape index (κ2) is 19.5. The van der Waals surface area contributed by atoms with Crippen LogP contribution in [0.3, 0.4) is 0 Å². The van der Waals surface area contributed by atoms with E-state index < -0.39 is 37.5 Å². The number of carbonyl (C=O) groups is 1. The quantitative estimate of drug-likeness (QED) is 0.0707. The zero-order valence-electron chi connectivity index (χ0n) is 37.9. The first-order valence-corrected chi connectivity index (χ1v) is 24.7. The summed E-state index contributed by atoms with van der Waals surface area (Å²) in [6.07, 6.45) is 10.2. The van der Waals surface area contributed by atoms with Crippen molar-refractivity contribution in [3.63, 3.8) is 0 Å². The number of halogens is 1. The Hall–Kier alpha value is -5.72. The van der Waals surface area contributed by atoms with Crippen LogP contribution in [-0.4, -0.2) is 105 Å². The Morgan fingerprint density at radius 1 is 1.01 bits per heavy atom. The Kier molecular flexibility index (Phi) is 13.5. The molecule has 2 fully saturated rings. The third-order valence-corrected chi connectivity index (χ3v) is 15.0. The number of amides is 1. The lowest BCUT2D eigenvalue weighted by Crippen LogP contribution is -2.47. The first kappa shape index (κ1) is 46.4. The van der Waals surface area contributed by atoms with E-state index in [9.17, 15) is 23.3 Å². The monoisotopic (exact) mass is 953 g/mol. The number of carbonyl (C=O) groups excluding carboxylic acids is 1. The van der Waals surface area contributed by atoms with Gasteiger partial charge in [0, 0.05) is 80.3 Å². The van der Waals surface area contributed by atoms with Gasteiger partial charge in [-0.15, -0.1) is 0 Å². The highest BCUT2D eigenvalue weighted by Gasteiger charge is 2.34. The lowest BCUT2D eigenvalue weighted by Gasteiger charge is -2.39. The average molecular weight is 955 g/mol. The van der Waals surface area contributed by atoms with Crippen LogP contribution in [0.15, 0.2) is 89.6 Å². The third kappa shape index (κ3) is 10.7. The number of sulfonamides is 1. The summed E-state index contributed by atoms with van der Waals surface area (Å²) >= 11 is 6.25. The second-order valence-corrected chi connectivity index (χ2v) is 20.8. The van der Waals surface area contributed by atoms with Crippen LogP contribution in [0, 0.1) is 15.5 Å². The second-order valence-electron chi connectivity index (χ2n) is 18.7. The summed E-state index contributed by atoms with van der Waals surface area (Å²) in [5.41, 5.74) is 5.21. The van der Waals surface area contributed by atoms with Crippen LogP contribution in [0.25, 0.3) is 16.6 Å². The Morgan fingerprint density at radius 2 is 1.78 bits per heavy atom. The number of nitro benzene ring substituents is 1. The molecule has 0 bridgehead atoms. The number of fused-ring (bicyclic) bond motifs is 2. The van der Waals surface area contributed by atoms with Crippen molar-refractivity contribution in [3.05, 3.63) is 111 Å². The molecule has 3 aromatic carbocycles. The zero-order valence-corrected chi connectivity index (χ0v) is 39.5. The van der Waals surface area contributed by atoms with Crippen molar-refractivity contribution in [1.29, 1.82) is 0 Å². The van der Waals surface area contributed by atoms with Crippen LogP contribution in [0.4, 0.5) is 17.1 Å². The van der Waals surface area contributed by atoms with Crippen molar-refractivity contribution in [2.45, 2.75) is 81.9 Å². The number of hydrogen-bond acceptors (Lipinski definition) is 13. The number of nitro groups is 1. The first-order valence-electron chi connectivity index (χ1n) is 22.8. The number of piperazine rings is 1. The van der Waals surface area contributed by atoms with E-state index in [0.717, 1.165) is 86.7 Å². The van der Waals surface area contributed by atoms with Gasteiger partial charge < -0.3 is 34.1 Å². The number of H-pyrrole nitrogens is 1. The molecule has 4 aliphatic rings. The van der Waals surface area contributed by atoms with Gasteiger partial charge in [0.05, 0.1) is 46.4 Å². The zero-order chi connectivity index (χ0) is 46.9. The normalized spacial score (nSPS) is 21.0. The highest BCUT2D eigenvalue weighted by atomic mass is 35.5. The molecular formula is C49H56ClN7O9S. The molecule has 0 unspecified atom stereocenters. The number of anilines is 2. The van der Waals surface area contributed by atoms with E-state index in [0.29, 0.717) is 24.5 Å². The molecule has 1 atom stereocenters. The van der Waals surface area contributed by atoms with Crippen LogP contribution >= 0.6 is 11.6 Å². The van der Waals surface area contributed by atoms with Gasteiger partial charge in [-0.2, -0.15) is 0 Å². The fourth-order valence-corrected chi connectivity index (χ4v) is 10.7. The highest BCUT2D eigenvalue weighted by Crippen LogP contribution is 2.44. The van der Waals surface area contributed by atoms with Crippen LogP contribution in [0.1, 0.15) is 74.7 Å². The van der Waals surface area contributed by atoms with Gasteiger partial charge in [-0.1, -0.05) is 43.2 Å². The number of nitrogens with zero attached hydrogens (tertiary/aromatic N) is 4. The van der Waals surface area contributed by atoms with Gasteiger partial charge in [-0.05, 0) is 97.9 Å². The maximum absolute atomic E-state index is 14.1. The van der Waals surface area contributed by atoms with E-state index in [1.165, 1.54) is 35.0 Å². The molecule has 354 valence electrons. The first-order chi connectivity index (χ1) is 32.2. The molecule has 16 nitrogen and oxygen atoms in total. The molecule has 0 spiro atoms. The molecule has 5 aromatic rings. The van der Waals surface area contributed by atoms with Crippen molar-refractivity contribution in [3.8, 4) is 17.2 Å². The van der Waals surface area contributed by atoms with E-state index in [-0.39, 0.29) is 53.6 Å². The van der Waals surface area contributed by atoms with Crippen molar-refractivity contribution in [1.82, 2.24) is 19.6 Å². The Balaban J connectivity index is 0.915. The summed E-state index contributed by atoms with van der Waals surface area (Å²) < 4.78 is 53.8. The molecule has 2 aromatic heterocycles. The minimum absolute atomic E-state index is 0.0265. The molecule has 2 aliphatic heterocycles. The van der Waals surface area contributed by atoms with Gasteiger partial charge in [0.25, 0.3) is 21.6 Å². The fourth-order valence-electron chi connectivity index (χ4n) is 9.56. The molecule has 1 saturated carbocycles. The average Bonchev–Trinajstić information content (AvgIpc) is 3.79. The summed E-state index contributed by atoms with van der Waals surface area (Å²) in [5.74, 6) is -0.570. The van der Waals surface area contributed by atoms with Crippen molar-refractivity contribution in [2.75, 3.05) is 63.3 Å². The van der Waals surface area contributed by atoms with Gasteiger partial charge >= 0.3 is 0 Å². The molecule has 67 heavy (non-hydrogen) atoms. The topological polar surface area (TPSA) is 190 Å².